The van der Waals surface area contributed by atoms with Crippen molar-refractivity contribution in [3.8, 4) is 0 Å². The van der Waals surface area contributed by atoms with Crippen molar-refractivity contribution in [3.05, 3.63) is 18.2 Å². The monoisotopic (exact) mass is 306 g/mol. The lowest BCUT2D eigenvalue weighted by atomic mass is 9.97. The first kappa shape index (κ1) is 15.3. The SMILES string of the molecule is CN(C[C@H]1CCn2ccnc2C1)C(=O)NC[C@H]1CCCCO1. The van der Waals surface area contributed by atoms with Gasteiger partial charge in [-0.1, -0.05) is 0 Å². The molecule has 1 aromatic rings. The van der Waals surface area contributed by atoms with Gasteiger partial charge in [-0.2, -0.15) is 0 Å². The lowest BCUT2D eigenvalue weighted by Gasteiger charge is -2.29. The number of amides is 2. The number of hydrogen-bond donors (Lipinski definition) is 1. The fourth-order valence-electron chi connectivity index (χ4n) is 3.35. The molecule has 1 N–H and O–H groups in total. The molecular weight excluding hydrogens is 280 g/mol. The fourth-order valence-corrected chi connectivity index (χ4v) is 3.35. The molecule has 0 unspecified atom stereocenters. The summed E-state index contributed by atoms with van der Waals surface area (Å²) >= 11 is 0. The fraction of sp³-hybridized carbons (Fsp3) is 0.750. The molecule has 2 atom stereocenters. The Morgan fingerprint density at radius 3 is 3.23 bits per heavy atom. The third-order valence-corrected chi connectivity index (χ3v) is 4.68. The van der Waals surface area contributed by atoms with E-state index in [1.54, 1.807) is 4.90 Å². The maximum atomic E-state index is 12.2. The van der Waals surface area contributed by atoms with Crippen LogP contribution in [0.25, 0.3) is 0 Å². The Bertz CT molecular complexity index is 496. The summed E-state index contributed by atoms with van der Waals surface area (Å²) in [6.07, 6.45) is 9.53. The summed E-state index contributed by atoms with van der Waals surface area (Å²) in [5, 5.41) is 3.00. The van der Waals surface area contributed by atoms with E-state index in [0.717, 1.165) is 51.2 Å². The van der Waals surface area contributed by atoms with Crippen LogP contribution in [-0.4, -0.2) is 53.3 Å². The molecule has 0 aliphatic carbocycles. The molecular formula is C16H26N4O2. The van der Waals surface area contributed by atoms with E-state index in [9.17, 15) is 4.79 Å². The first-order chi connectivity index (χ1) is 10.7. The Hall–Kier alpha value is -1.56. The molecule has 0 radical (unpaired) electrons. The van der Waals surface area contributed by atoms with Crippen LogP contribution in [0, 0.1) is 5.92 Å². The highest BCUT2D eigenvalue weighted by molar-refractivity contribution is 5.73. The Morgan fingerprint density at radius 2 is 2.41 bits per heavy atom. The van der Waals surface area contributed by atoms with E-state index in [1.807, 2.05) is 19.4 Å². The second-order valence-corrected chi connectivity index (χ2v) is 6.45. The molecule has 1 aromatic heterocycles. The second-order valence-electron chi connectivity index (χ2n) is 6.45. The van der Waals surface area contributed by atoms with Gasteiger partial charge in [0, 0.05) is 52.1 Å². The van der Waals surface area contributed by atoms with Crippen molar-refractivity contribution in [1.29, 1.82) is 0 Å². The van der Waals surface area contributed by atoms with Gasteiger partial charge in [-0.05, 0) is 31.6 Å². The van der Waals surface area contributed by atoms with E-state index in [4.69, 9.17) is 4.74 Å². The van der Waals surface area contributed by atoms with Gasteiger partial charge in [-0.3, -0.25) is 0 Å². The smallest absolute Gasteiger partial charge is 0.317 e. The van der Waals surface area contributed by atoms with E-state index < -0.39 is 0 Å². The van der Waals surface area contributed by atoms with Crippen LogP contribution in [0.2, 0.25) is 0 Å². The number of urea groups is 1. The Balaban J connectivity index is 1.41. The lowest BCUT2D eigenvalue weighted by Crippen LogP contribution is -2.44. The number of rotatable bonds is 4. The highest BCUT2D eigenvalue weighted by Gasteiger charge is 2.22. The molecule has 6 heteroatoms. The summed E-state index contributed by atoms with van der Waals surface area (Å²) in [6, 6.07) is 0.00286. The molecule has 3 heterocycles. The number of carbonyl (C=O) groups is 1. The molecule has 2 aliphatic heterocycles. The average Bonchev–Trinajstić information content (AvgIpc) is 3.01. The van der Waals surface area contributed by atoms with Crippen LogP contribution in [0.3, 0.4) is 0 Å². The van der Waals surface area contributed by atoms with Crippen molar-refractivity contribution in [2.24, 2.45) is 5.92 Å². The molecule has 3 rings (SSSR count). The first-order valence-corrected chi connectivity index (χ1v) is 8.33. The number of hydrogen-bond acceptors (Lipinski definition) is 3. The zero-order chi connectivity index (χ0) is 15.4. The van der Waals surface area contributed by atoms with Crippen LogP contribution in [0.15, 0.2) is 12.4 Å². The van der Waals surface area contributed by atoms with Gasteiger partial charge in [0.25, 0.3) is 0 Å². The number of carbonyl (C=O) groups excluding carboxylic acids is 1. The second kappa shape index (κ2) is 7.13. The van der Waals surface area contributed by atoms with Crippen LogP contribution >= 0.6 is 0 Å². The number of nitrogens with zero attached hydrogens (tertiary/aromatic N) is 3. The molecule has 0 bridgehead atoms. The summed E-state index contributed by atoms with van der Waals surface area (Å²) in [4.78, 5) is 18.4. The van der Waals surface area contributed by atoms with Gasteiger partial charge in [-0.25, -0.2) is 9.78 Å². The van der Waals surface area contributed by atoms with Crippen molar-refractivity contribution in [2.45, 2.75) is 44.8 Å². The largest absolute Gasteiger partial charge is 0.376 e. The predicted molar refractivity (Wildman–Crippen MR) is 83.7 cm³/mol. The zero-order valence-electron chi connectivity index (χ0n) is 13.3. The molecule has 1 fully saturated rings. The first-order valence-electron chi connectivity index (χ1n) is 8.33. The molecule has 0 saturated carbocycles. The Labute approximate surface area is 131 Å². The van der Waals surface area contributed by atoms with E-state index in [-0.39, 0.29) is 12.1 Å². The van der Waals surface area contributed by atoms with E-state index in [0.29, 0.717) is 12.5 Å². The van der Waals surface area contributed by atoms with Crippen molar-refractivity contribution in [1.82, 2.24) is 19.8 Å². The number of ether oxygens (including phenoxy) is 1. The van der Waals surface area contributed by atoms with E-state index in [2.05, 4.69) is 14.9 Å². The quantitative estimate of drug-likeness (QED) is 0.920. The average molecular weight is 306 g/mol. The lowest BCUT2D eigenvalue weighted by molar-refractivity contribution is 0.0178. The molecule has 122 valence electrons. The Kier molecular flexibility index (Phi) is 4.97. The topological polar surface area (TPSA) is 59.4 Å². The number of aromatic nitrogens is 2. The maximum Gasteiger partial charge on any atom is 0.317 e. The van der Waals surface area contributed by atoms with Gasteiger partial charge < -0.3 is 19.5 Å². The summed E-state index contributed by atoms with van der Waals surface area (Å²) in [6.45, 7) is 3.24. The highest BCUT2D eigenvalue weighted by atomic mass is 16.5. The number of fused-ring (bicyclic) bond motifs is 1. The van der Waals surface area contributed by atoms with E-state index in [1.165, 1.54) is 6.42 Å². The molecule has 6 nitrogen and oxygen atoms in total. The third kappa shape index (κ3) is 3.80. The van der Waals surface area contributed by atoms with Crippen molar-refractivity contribution in [2.75, 3.05) is 26.7 Å². The predicted octanol–water partition coefficient (Wildman–Crippen LogP) is 1.66. The molecule has 1 saturated heterocycles. The molecule has 0 aromatic carbocycles. The minimum atomic E-state index is 0.00286. The standard InChI is InChI=1S/C16H26N4O2/c1-19(16(21)18-11-14-4-2-3-9-22-14)12-13-5-7-20-8-6-17-15(20)10-13/h6,8,13-14H,2-5,7,9-12H2,1H3,(H,18,21)/t13-,14+/m0/s1. The van der Waals surface area contributed by atoms with Gasteiger partial charge in [0.15, 0.2) is 0 Å². The van der Waals surface area contributed by atoms with Crippen LogP contribution in [0.5, 0.6) is 0 Å². The van der Waals surface area contributed by atoms with Crippen molar-refractivity contribution >= 4 is 6.03 Å². The minimum Gasteiger partial charge on any atom is -0.376 e. The van der Waals surface area contributed by atoms with Crippen LogP contribution in [0.1, 0.15) is 31.5 Å². The number of nitrogens with one attached hydrogen (secondary N) is 1. The van der Waals surface area contributed by atoms with Crippen molar-refractivity contribution in [3.63, 3.8) is 0 Å². The van der Waals surface area contributed by atoms with Crippen LogP contribution < -0.4 is 5.32 Å². The summed E-state index contributed by atoms with van der Waals surface area (Å²) in [5.74, 6) is 1.64. The van der Waals surface area contributed by atoms with Gasteiger partial charge in [0.1, 0.15) is 5.82 Å². The molecule has 2 aliphatic rings. The highest BCUT2D eigenvalue weighted by Crippen LogP contribution is 2.19. The maximum absolute atomic E-state index is 12.2. The molecule has 0 spiro atoms. The summed E-state index contributed by atoms with van der Waals surface area (Å²) in [7, 11) is 1.87. The number of imidazole rings is 1. The summed E-state index contributed by atoms with van der Waals surface area (Å²) in [5.41, 5.74) is 0. The normalized spacial score (nSPS) is 24.6. The van der Waals surface area contributed by atoms with Crippen molar-refractivity contribution < 1.29 is 9.53 Å². The van der Waals surface area contributed by atoms with Gasteiger partial charge in [0.05, 0.1) is 6.10 Å². The van der Waals surface area contributed by atoms with E-state index >= 15 is 0 Å². The summed E-state index contributed by atoms with van der Waals surface area (Å²) < 4.78 is 7.85. The zero-order valence-corrected chi connectivity index (χ0v) is 13.3. The van der Waals surface area contributed by atoms with Crippen LogP contribution in [0.4, 0.5) is 4.79 Å². The molecule has 2 amide bonds. The minimum absolute atomic E-state index is 0.00286. The molecule has 22 heavy (non-hydrogen) atoms. The van der Waals surface area contributed by atoms with Gasteiger partial charge in [-0.15, -0.1) is 0 Å². The Morgan fingerprint density at radius 1 is 1.50 bits per heavy atom. The third-order valence-electron chi connectivity index (χ3n) is 4.68. The number of aryl methyl sites for hydroxylation is 1. The van der Waals surface area contributed by atoms with Crippen LogP contribution in [-0.2, 0) is 17.7 Å². The van der Waals surface area contributed by atoms with Gasteiger partial charge >= 0.3 is 6.03 Å². The van der Waals surface area contributed by atoms with Gasteiger partial charge in [0.2, 0.25) is 0 Å².